The van der Waals surface area contributed by atoms with Gasteiger partial charge < -0.3 is 9.47 Å². The van der Waals surface area contributed by atoms with Gasteiger partial charge in [-0.25, -0.2) is 4.79 Å². The van der Waals surface area contributed by atoms with Gasteiger partial charge in [-0.15, -0.1) is 0 Å². The molecule has 0 saturated carbocycles. The highest BCUT2D eigenvalue weighted by Gasteiger charge is 2.19. The fourth-order valence-corrected chi connectivity index (χ4v) is 1.34. The third-order valence-electron chi connectivity index (χ3n) is 2.01. The number of carbonyl (C=O) groups is 1. The average Bonchev–Trinajstić information content (AvgIpc) is 2.37. The van der Waals surface area contributed by atoms with Crippen LogP contribution in [0, 0.1) is 9.85 Å². The first-order valence-corrected chi connectivity index (χ1v) is 6.32. The van der Waals surface area contributed by atoms with Crippen LogP contribution in [0.2, 0.25) is 0 Å². The van der Waals surface area contributed by atoms with E-state index in [4.69, 9.17) is 9.47 Å². The van der Waals surface area contributed by atoms with Crippen molar-refractivity contribution in [1.29, 1.82) is 0 Å². The molecular formula is C13H13IO3. The predicted octanol–water partition coefficient (Wildman–Crippen LogP) is 2.78. The van der Waals surface area contributed by atoms with E-state index in [0.29, 0.717) is 12.2 Å². The quantitative estimate of drug-likeness (QED) is 0.468. The molecule has 1 atom stereocenters. The van der Waals surface area contributed by atoms with Crippen LogP contribution in [-0.2, 0) is 9.53 Å². The minimum Gasteiger partial charge on any atom is -0.479 e. The summed E-state index contributed by atoms with van der Waals surface area (Å²) in [5.74, 6) is 2.94. The maximum absolute atomic E-state index is 11.6. The summed E-state index contributed by atoms with van der Waals surface area (Å²) in [6.07, 6.45) is -0.0146. The number of carbonyl (C=O) groups excluding carboxylic acids is 1. The zero-order chi connectivity index (χ0) is 12.5. The summed E-state index contributed by atoms with van der Waals surface area (Å²) >= 11 is 1.90. The van der Waals surface area contributed by atoms with Crippen LogP contribution in [0.3, 0.4) is 0 Å². The number of esters is 1. The van der Waals surface area contributed by atoms with Gasteiger partial charge in [0.1, 0.15) is 5.75 Å². The Kier molecular flexibility index (Phi) is 6.48. The van der Waals surface area contributed by atoms with Gasteiger partial charge >= 0.3 is 5.97 Å². The number of ether oxygens (including phenoxy) is 2. The van der Waals surface area contributed by atoms with Crippen molar-refractivity contribution in [3.05, 3.63) is 30.3 Å². The number of hydrogen-bond donors (Lipinski definition) is 0. The Morgan fingerprint density at radius 3 is 2.71 bits per heavy atom. The molecule has 0 bridgehead atoms. The zero-order valence-electron chi connectivity index (χ0n) is 9.48. The maximum atomic E-state index is 11.6. The number of hydrogen-bond acceptors (Lipinski definition) is 3. The normalized spacial score (nSPS) is 10.9. The molecule has 0 spiro atoms. The van der Waals surface area contributed by atoms with E-state index in [-0.39, 0.29) is 12.6 Å². The van der Waals surface area contributed by atoms with Crippen molar-refractivity contribution in [2.75, 3.05) is 6.61 Å². The largest absolute Gasteiger partial charge is 0.479 e. The number of para-hydroxylation sites is 1. The van der Waals surface area contributed by atoms with Gasteiger partial charge in [0.05, 0.1) is 0 Å². The summed E-state index contributed by atoms with van der Waals surface area (Å²) in [7, 11) is 0. The smallest absolute Gasteiger partial charge is 0.348 e. The predicted molar refractivity (Wildman–Crippen MR) is 73.9 cm³/mol. The van der Waals surface area contributed by atoms with Crippen molar-refractivity contribution in [3.8, 4) is 15.6 Å². The molecule has 0 amide bonds. The summed E-state index contributed by atoms with van der Waals surface area (Å²) in [5, 5.41) is 0. The number of rotatable bonds is 5. The highest BCUT2D eigenvalue weighted by atomic mass is 127. The van der Waals surface area contributed by atoms with Gasteiger partial charge in [0.15, 0.2) is 12.7 Å². The molecule has 0 radical (unpaired) electrons. The molecule has 4 heteroatoms. The third kappa shape index (κ3) is 5.09. The minimum absolute atomic E-state index is 0.108. The van der Waals surface area contributed by atoms with Crippen molar-refractivity contribution in [3.63, 3.8) is 0 Å². The molecule has 0 aliphatic rings. The number of halogens is 1. The molecular weight excluding hydrogens is 331 g/mol. The highest BCUT2D eigenvalue weighted by molar-refractivity contribution is 14.1. The first-order valence-electron chi connectivity index (χ1n) is 5.24. The van der Waals surface area contributed by atoms with E-state index in [1.54, 1.807) is 12.1 Å². The molecule has 90 valence electrons. The lowest BCUT2D eigenvalue weighted by Crippen LogP contribution is -2.28. The zero-order valence-corrected chi connectivity index (χ0v) is 11.6. The van der Waals surface area contributed by atoms with Gasteiger partial charge in [-0.3, -0.25) is 0 Å². The molecule has 0 fully saturated rings. The molecule has 0 aliphatic carbocycles. The van der Waals surface area contributed by atoms with Crippen LogP contribution in [0.4, 0.5) is 0 Å². The first-order chi connectivity index (χ1) is 8.27. The van der Waals surface area contributed by atoms with Crippen molar-refractivity contribution >= 4 is 28.6 Å². The van der Waals surface area contributed by atoms with E-state index in [9.17, 15) is 4.79 Å². The second-order valence-corrected chi connectivity index (χ2v) is 3.75. The summed E-state index contributed by atoms with van der Waals surface area (Å²) in [5.41, 5.74) is 0. The SMILES string of the molecule is CCC(Oc1ccccc1)C(=O)OCC#CI. The Hall–Kier alpha value is -1.22. The Morgan fingerprint density at radius 2 is 2.12 bits per heavy atom. The van der Waals surface area contributed by atoms with Crippen LogP contribution in [0.15, 0.2) is 30.3 Å². The van der Waals surface area contributed by atoms with Crippen molar-refractivity contribution in [2.24, 2.45) is 0 Å². The fourth-order valence-electron chi connectivity index (χ4n) is 1.19. The highest BCUT2D eigenvalue weighted by Crippen LogP contribution is 2.13. The van der Waals surface area contributed by atoms with E-state index >= 15 is 0 Å². The first kappa shape index (κ1) is 13.8. The molecule has 1 unspecified atom stereocenters. The van der Waals surface area contributed by atoms with E-state index < -0.39 is 6.10 Å². The lowest BCUT2D eigenvalue weighted by atomic mass is 10.2. The van der Waals surface area contributed by atoms with Crippen molar-refractivity contribution in [1.82, 2.24) is 0 Å². The van der Waals surface area contributed by atoms with E-state index in [1.165, 1.54) is 0 Å². The monoisotopic (exact) mass is 344 g/mol. The Bertz CT molecular complexity index is 406. The summed E-state index contributed by atoms with van der Waals surface area (Å²) in [6.45, 7) is 1.98. The molecule has 1 aromatic rings. The van der Waals surface area contributed by atoms with Gasteiger partial charge in [-0.2, -0.15) is 0 Å². The van der Waals surface area contributed by atoms with Gasteiger partial charge in [0.25, 0.3) is 0 Å². The second kappa shape index (κ2) is 7.96. The molecule has 1 aromatic carbocycles. The van der Waals surface area contributed by atoms with E-state index in [2.05, 4.69) is 9.85 Å². The van der Waals surface area contributed by atoms with Crippen molar-refractivity contribution < 1.29 is 14.3 Å². The van der Waals surface area contributed by atoms with Crippen LogP contribution in [-0.4, -0.2) is 18.7 Å². The Morgan fingerprint density at radius 1 is 1.41 bits per heavy atom. The average molecular weight is 344 g/mol. The van der Waals surface area contributed by atoms with Crippen molar-refractivity contribution in [2.45, 2.75) is 19.4 Å². The van der Waals surface area contributed by atoms with Gasteiger partial charge in [-0.05, 0) is 22.5 Å². The van der Waals surface area contributed by atoms with Gasteiger partial charge in [0, 0.05) is 22.6 Å². The lowest BCUT2D eigenvalue weighted by Gasteiger charge is -2.15. The lowest BCUT2D eigenvalue weighted by molar-refractivity contribution is -0.150. The Balaban J connectivity index is 2.52. The minimum atomic E-state index is -0.576. The van der Waals surface area contributed by atoms with Gasteiger partial charge in [0.2, 0.25) is 0 Å². The Labute approximate surface area is 115 Å². The van der Waals surface area contributed by atoms with E-state index in [1.807, 2.05) is 47.7 Å². The molecule has 0 saturated heterocycles. The molecule has 17 heavy (non-hydrogen) atoms. The molecule has 3 nitrogen and oxygen atoms in total. The molecule has 1 rings (SSSR count). The van der Waals surface area contributed by atoms with Crippen LogP contribution >= 0.6 is 22.6 Å². The molecule has 0 aromatic heterocycles. The van der Waals surface area contributed by atoms with E-state index in [0.717, 1.165) is 0 Å². The third-order valence-corrected chi connectivity index (χ3v) is 2.39. The maximum Gasteiger partial charge on any atom is 0.348 e. The van der Waals surface area contributed by atoms with Gasteiger partial charge in [-0.1, -0.05) is 31.0 Å². The van der Waals surface area contributed by atoms with Crippen LogP contribution in [0.25, 0.3) is 0 Å². The topological polar surface area (TPSA) is 35.5 Å². The fraction of sp³-hybridized carbons (Fsp3) is 0.308. The summed E-state index contributed by atoms with van der Waals surface area (Å²) in [6, 6.07) is 9.22. The van der Waals surface area contributed by atoms with Crippen LogP contribution < -0.4 is 4.74 Å². The molecule has 0 N–H and O–H groups in total. The molecule has 0 aliphatic heterocycles. The summed E-state index contributed by atoms with van der Waals surface area (Å²) < 4.78 is 13.1. The van der Waals surface area contributed by atoms with Crippen LogP contribution in [0.1, 0.15) is 13.3 Å². The second-order valence-electron chi connectivity index (χ2n) is 3.21. The standard InChI is InChI=1S/C13H13IO3/c1-2-12(13(15)16-10-6-9-14)17-11-7-4-3-5-8-11/h3-5,7-8,12H,2,10H2,1H3. The number of benzene rings is 1. The summed E-state index contributed by atoms with van der Waals surface area (Å²) in [4.78, 5) is 11.6. The van der Waals surface area contributed by atoms with Crippen LogP contribution in [0.5, 0.6) is 5.75 Å². The molecule has 0 heterocycles.